The molecule has 1 atom stereocenters. The Morgan fingerprint density at radius 3 is 2.72 bits per heavy atom. The van der Waals surface area contributed by atoms with Crippen LogP contribution < -0.4 is 10.6 Å². The van der Waals surface area contributed by atoms with E-state index in [1.165, 1.54) is 11.3 Å². The molecule has 1 unspecified atom stereocenters. The van der Waals surface area contributed by atoms with Gasteiger partial charge in [0.25, 0.3) is 0 Å². The van der Waals surface area contributed by atoms with Gasteiger partial charge in [-0.15, -0.1) is 0 Å². The Bertz CT molecular complexity index is 286. The molecule has 104 valence electrons. The van der Waals surface area contributed by atoms with Gasteiger partial charge in [-0.1, -0.05) is 0 Å². The molecule has 5 nitrogen and oxygen atoms in total. The first-order valence-corrected chi connectivity index (χ1v) is 6.75. The standard InChI is InChI=1S/C13H25N3O2/c1-10(2)15-12(17)9-16(3)13(18)7-6-11-5-4-8-14-11/h10-11,14H,4-9H2,1-3H3,(H,15,17). The molecule has 1 saturated heterocycles. The third-order valence-corrected chi connectivity index (χ3v) is 3.13. The van der Waals surface area contributed by atoms with Crippen molar-refractivity contribution in [3.8, 4) is 0 Å². The van der Waals surface area contributed by atoms with Gasteiger partial charge < -0.3 is 15.5 Å². The van der Waals surface area contributed by atoms with E-state index in [1.807, 2.05) is 13.8 Å². The molecule has 2 N–H and O–H groups in total. The highest BCUT2D eigenvalue weighted by Crippen LogP contribution is 2.11. The predicted octanol–water partition coefficient (Wildman–Crippen LogP) is 0.502. The number of hydrogen-bond donors (Lipinski definition) is 2. The highest BCUT2D eigenvalue weighted by molar-refractivity contribution is 5.84. The fraction of sp³-hybridized carbons (Fsp3) is 0.846. The molecule has 0 aromatic carbocycles. The fourth-order valence-corrected chi connectivity index (χ4v) is 2.16. The van der Waals surface area contributed by atoms with Gasteiger partial charge in [-0.05, 0) is 39.7 Å². The lowest BCUT2D eigenvalue weighted by Crippen LogP contribution is -2.41. The van der Waals surface area contributed by atoms with Crippen molar-refractivity contribution >= 4 is 11.8 Å². The Balaban J connectivity index is 2.21. The van der Waals surface area contributed by atoms with Crippen LogP contribution in [-0.4, -0.2) is 48.9 Å². The first kappa shape index (κ1) is 15.0. The molecule has 0 aromatic heterocycles. The van der Waals surface area contributed by atoms with Gasteiger partial charge in [0.05, 0.1) is 6.54 Å². The number of carbonyl (C=O) groups excluding carboxylic acids is 2. The van der Waals surface area contributed by atoms with Crippen molar-refractivity contribution < 1.29 is 9.59 Å². The van der Waals surface area contributed by atoms with E-state index in [2.05, 4.69) is 10.6 Å². The molecule has 0 spiro atoms. The molecule has 2 amide bonds. The quantitative estimate of drug-likeness (QED) is 0.726. The third-order valence-electron chi connectivity index (χ3n) is 3.13. The molecule has 1 rings (SSSR count). The van der Waals surface area contributed by atoms with Crippen molar-refractivity contribution in [1.82, 2.24) is 15.5 Å². The van der Waals surface area contributed by atoms with Gasteiger partial charge in [-0.25, -0.2) is 0 Å². The number of carbonyl (C=O) groups is 2. The number of rotatable bonds is 6. The average Bonchev–Trinajstić information content (AvgIpc) is 2.77. The second kappa shape index (κ2) is 7.36. The van der Waals surface area contributed by atoms with E-state index in [0.29, 0.717) is 12.5 Å². The van der Waals surface area contributed by atoms with E-state index >= 15 is 0 Å². The summed E-state index contributed by atoms with van der Waals surface area (Å²) in [4.78, 5) is 24.9. The first-order chi connectivity index (χ1) is 8.49. The van der Waals surface area contributed by atoms with Crippen LogP contribution >= 0.6 is 0 Å². The fourth-order valence-electron chi connectivity index (χ4n) is 2.16. The summed E-state index contributed by atoms with van der Waals surface area (Å²) in [7, 11) is 1.68. The highest BCUT2D eigenvalue weighted by Gasteiger charge is 2.18. The van der Waals surface area contributed by atoms with Crippen LogP contribution in [0.3, 0.4) is 0 Å². The second-order valence-corrected chi connectivity index (χ2v) is 5.30. The van der Waals surface area contributed by atoms with E-state index in [1.54, 1.807) is 7.05 Å². The predicted molar refractivity (Wildman–Crippen MR) is 71.2 cm³/mol. The minimum Gasteiger partial charge on any atom is -0.352 e. The smallest absolute Gasteiger partial charge is 0.239 e. The Morgan fingerprint density at radius 1 is 1.44 bits per heavy atom. The van der Waals surface area contributed by atoms with Crippen LogP contribution in [0.4, 0.5) is 0 Å². The minimum atomic E-state index is -0.0974. The Hall–Kier alpha value is -1.10. The monoisotopic (exact) mass is 255 g/mol. The van der Waals surface area contributed by atoms with Crippen LogP contribution in [0.5, 0.6) is 0 Å². The van der Waals surface area contributed by atoms with Gasteiger partial charge in [0.1, 0.15) is 0 Å². The summed E-state index contributed by atoms with van der Waals surface area (Å²) in [6.07, 6.45) is 3.74. The molecule has 1 heterocycles. The van der Waals surface area contributed by atoms with E-state index in [9.17, 15) is 9.59 Å². The summed E-state index contributed by atoms with van der Waals surface area (Å²) in [5.41, 5.74) is 0. The normalized spacial score (nSPS) is 19.0. The molecule has 0 bridgehead atoms. The van der Waals surface area contributed by atoms with Crippen molar-refractivity contribution in [1.29, 1.82) is 0 Å². The maximum absolute atomic E-state index is 11.8. The number of nitrogens with one attached hydrogen (secondary N) is 2. The van der Waals surface area contributed by atoms with Crippen LogP contribution in [0.15, 0.2) is 0 Å². The van der Waals surface area contributed by atoms with Crippen LogP contribution in [0.2, 0.25) is 0 Å². The number of likely N-dealkylation sites (N-methyl/N-ethyl adjacent to an activating group) is 1. The number of nitrogens with zero attached hydrogens (tertiary/aromatic N) is 1. The number of amides is 2. The van der Waals surface area contributed by atoms with E-state index in [-0.39, 0.29) is 24.4 Å². The SMILES string of the molecule is CC(C)NC(=O)CN(C)C(=O)CCC1CCCN1. The Labute approximate surface area is 109 Å². The van der Waals surface area contributed by atoms with Gasteiger partial charge in [0.2, 0.25) is 11.8 Å². The zero-order valence-corrected chi connectivity index (χ0v) is 11.7. The summed E-state index contributed by atoms with van der Waals surface area (Å²) < 4.78 is 0. The van der Waals surface area contributed by atoms with Crippen molar-refractivity contribution in [2.75, 3.05) is 20.1 Å². The molecule has 18 heavy (non-hydrogen) atoms. The molecule has 1 fully saturated rings. The average molecular weight is 255 g/mol. The van der Waals surface area contributed by atoms with Gasteiger partial charge in [-0.3, -0.25) is 9.59 Å². The lowest BCUT2D eigenvalue weighted by Gasteiger charge is -2.19. The van der Waals surface area contributed by atoms with Crippen LogP contribution in [0, 0.1) is 0 Å². The molecule has 0 saturated carbocycles. The largest absolute Gasteiger partial charge is 0.352 e. The molecule has 5 heteroatoms. The molecular weight excluding hydrogens is 230 g/mol. The lowest BCUT2D eigenvalue weighted by atomic mass is 10.1. The van der Waals surface area contributed by atoms with Gasteiger partial charge >= 0.3 is 0 Å². The van der Waals surface area contributed by atoms with Crippen molar-refractivity contribution in [2.24, 2.45) is 0 Å². The Kier molecular flexibility index (Phi) is 6.12. The molecular formula is C13H25N3O2. The molecule has 1 aliphatic rings. The lowest BCUT2D eigenvalue weighted by molar-refractivity contribution is -0.135. The highest BCUT2D eigenvalue weighted by atomic mass is 16.2. The zero-order chi connectivity index (χ0) is 13.5. The zero-order valence-electron chi connectivity index (χ0n) is 11.7. The molecule has 0 radical (unpaired) electrons. The molecule has 0 aliphatic carbocycles. The van der Waals surface area contributed by atoms with Crippen LogP contribution in [-0.2, 0) is 9.59 Å². The molecule has 0 aromatic rings. The van der Waals surface area contributed by atoms with Gasteiger partial charge in [-0.2, -0.15) is 0 Å². The van der Waals surface area contributed by atoms with E-state index in [0.717, 1.165) is 19.4 Å². The van der Waals surface area contributed by atoms with Crippen molar-refractivity contribution in [3.05, 3.63) is 0 Å². The minimum absolute atomic E-state index is 0.0441. The van der Waals surface area contributed by atoms with Gasteiger partial charge in [0.15, 0.2) is 0 Å². The molecule has 1 aliphatic heterocycles. The topological polar surface area (TPSA) is 61.4 Å². The maximum atomic E-state index is 11.8. The third kappa shape index (κ3) is 5.49. The summed E-state index contributed by atoms with van der Waals surface area (Å²) in [6, 6.07) is 0.593. The van der Waals surface area contributed by atoms with Crippen LogP contribution in [0.25, 0.3) is 0 Å². The van der Waals surface area contributed by atoms with Crippen molar-refractivity contribution in [3.63, 3.8) is 0 Å². The first-order valence-electron chi connectivity index (χ1n) is 6.75. The summed E-state index contributed by atoms with van der Waals surface area (Å²) in [6.45, 7) is 5.03. The summed E-state index contributed by atoms with van der Waals surface area (Å²) >= 11 is 0. The van der Waals surface area contributed by atoms with E-state index < -0.39 is 0 Å². The summed E-state index contributed by atoms with van der Waals surface area (Å²) in [5.74, 6) is -0.0533. The maximum Gasteiger partial charge on any atom is 0.239 e. The Morgan fingerprint density at radius 2 is 2.17 bits per heavy atom. The summed E-state index contributed by atoms with van der Waals surface area (Å²) in [5, 5.41) is 6.15. The van der Waals surface area contributed by atoms with E-state index in [4.69, 9.17) is 0 Å². The van der Waals surface area contributed by atoms with Gasteiger partial charge in [0, 0.05) is 25.6 Å². The van der Waals surface area contributed by atoms with Crippen LogP contribution in [0.1, 0.15) is 39.5 Å². The van der Waals surface area contributed by atoms with Crippen molar-refractivity contribution in [2.45, 2.75) is 51.6 Å². The second-order valence-electron chi connectivity index (χ2n) is 5.30. The number of hydrogen-bond acceptors (Lipinski definition) is 3.